The normalized spacial score (nSPS) is 12.4. The highest BCUT2D eigenvalue weighted by atomic mass is 35.5. The van der Waals surface area contributed by atoms with Crippen molar-refractivity contribution in [1.29, 1.82) is 0 Å². The Morgan fingerprint density at radius 1 is 1.11 bits per heavy atom. The summed E-state index contributed by atoms with van der Waals surface area (Å²) in [6.07, 6.45) is -0.913. The molecule has 0 aromatic heterocycles. The lowest BCUT2D eigenvalue weighted by Crippen LogP contribution is -2.04. The van der Waals surface area contributed by atoms with Crippen molar-refractivity contribution in [3.8, 4) is 0 Å². The van der Waals surface area contributed by atoms with Gasteiger partial charge in [-0.1, -0.05) is 35.9 Å². The Kier molecular flexibility index (Phi) is 3.94. The summed E-state index contributed by atoms with van der Waals surface area (Å²) in [4.78, 5) is 0. The van der Waals surface area contributed by atoms with E-state index in [9.17, 15) is 13.9 Å². The van der Waals surface area contributed by atoms with Crippen LogP contribution in [0.5, 0.6) is 0 Å². The van der Waals surface area contributed by atoms with E-state index in [-0.39, 0.29) is 12.0 Å². The fraction of sp³-hybridized carbons (Fsp3) is 0.143. The molecule has 0 radical (unpaired) electrons. The van der Waals surface area contributed by atoms with Gasteiger partial charge in [-0.2, -0.15) is 0 Å². The number of aliphatic hydroxyl groups excluding tert-OH is 1. The lowest BCUT2D eigenvalue weighted by Gasteiger charge is -2.12. The van der Waals surface area contributed by atoms with Gasteiger partial charge < -0.3 is 5.11 Å². The van der Waals surface area contributed by atoms with Crippen LogP contribution in [-0.4, -0.2) is 5.11 Å². The minimum absolute atomic E-state index is 0.00390. The molecule has 0 aliphatic carbocycles. The molecule has 2 rings (SSSR count). The molecule has 0 aliphatic rings. The van der Waals surface area contributed by atoms with Crippen molar-refractivity contribution in [2.45, 2.75) is 12.5 Å². The maximum Gasteiger partial charge on any atom is 0.162 e. The Labute approximate surface area is 109 Å². The predicted molar refractivity (Wildman–Crippen MR) is 66.5 cm³/mol. The highest BCUT2D eigenvalue weighted by Crippen LogP contribution is 2.23. The summed E-state index contributed by atoms with van der Waals surface area (Å²) in [5.74, 6) is -1.83. The molecule has 1 nitrogen and oxygen atoms in total. The second-order valence-electron chi connectivity index (χ2n) is 3.99. The number of hydrogen-bond acceptors (Lipinski definition) is 1. The van der Waals surface area contributed by atoms with Crippen molar-refractivity contribution >= 4 is 11.6 Å². The van der Waals surface area contributed by atoms with Crippen LogP contribution in [-0.2, 0) is 6.42 Å². The molecule has 0 saturated heterocycles. The first kappa shape index (κ1) is 13.0. The molecule has 0 amide bonds. The molecule has 0 heterocycles. The van der Waals surface area contributed by atoms with Gasteiger partial charge >= 0.3 is 0 Å². The average Bonchev–Trinajstić information content (AvgIpc) is 2.35. The molecule has 2 aromatic carbocycles. The van der Waals surface area contributed by atoms with E-state index in [4.69, 9.17) is 11.6 Å². The number of rotatable bonds is 3. The van der Waals surface area contributed by atoms with Crippen LogP contribution >= 0.6 is 11.6 Å². The number of hydrogen-bond donors (Lipinski definition) is 1. The van der Waals surface area contributed by atoms with Crippen molar-refractivity contribution in [3.05, 3.63) is 70.2 Å². The van der Waals surface area contributed by atoms with E-state index < -0.39 is 17.7 Å². The minimum atomic E-state index is -0.918. The van der Waals surface area contributed by atoms with Crippen LogP contribution in [0, 0.1) is 11.6 Å². The van der Waals surface area contributed by atoms with Gasteiger partial charge in [0.05, 0.1) is 6.10 Å². The van der Waals surface area contributed by atoms with Crippen LogP contribution < -0.4 is 0 Å². The molecule has 1 N–H and O–H groups in total. The monoisotopic (exact) mass is 268 g/mol. The van der Waals surface area contributed by atoms with Gasteiger partial charge in [-0.3, -0.25) is 0 Å². The maximum absolute atomic E-state index is 13.4. The second kappa shape index (κ2) is 5.46. The average molecular weight is 269 g/mol. The highest BCUT2D eigenvalue weighted by molar-refractivity contribution is 6.30. The molecule has 0 spiro atoms. The SMILES string of the molecule is OC(Cc1cccc(F)c1F)c1cccc(Cl)c1. The fourth-order valence-electron chi connectivity index (χ4n) is 1.75. The maximum atomic E-state index is 13.4. The Balaban J connectivity index is 2.21. The van der Waals surface area contributed by atoms with Gasteiger partial charge in [0.15, 0.2) is 11.6 Å². The molecule has 18 heavy (non-hydrogen) atoms. The Hall–Kier alpha value is -1.45. The fourth-order valence-corrected chi connectivity index (χ4v) is 1.94. The molecule has 0 fully saturated rings. The Morgan fingerprint density at radius 3 is 2.56 bits per heavy atom. The molecule has 0 saturated carbocycles. The zero-order valence-corrected chi connectivity index (χ0v) is 10.2. The van der Waals surface area contributed by atoms with Crippen LogP contribution in [0.3, 0.4) is 0 Å². The van der Waals surface area contributed by atoms with Crippen LogP contribution in [0.1, 0.15) is 17.2 Å². The quantitative estimate of drug-likeness (QED) is 0.895. The molecular weight excluding hydrogens is 258 g/mol. The van der Waals surface area contributed by atoms with Gasteiger partial charge in [0, 0.05) is 11.4 Å². The summed E-state index contributed by atoms with van der Waals surface area (Å²) in [7, 11) is 0. The van der Waals surface area contributed by atoms with Crippen LogP contribution in [0.15, 0.2) is 42.5 Å². The third-order valence-corrected chi connectivity index (χ3v) is 2.91. The van der Waals surface area contributed by atoms with E-state index in [2.05, 4.69) is 0 Å². The molecule has 0 bridgehead atoms. The predicted octanol–water partition coefficient (Wildman–Crippen LogP) is 3.89. The van der Waals surface area contributed by atoms with E-state index >= 15 is 0 Å². The van der Waals surface area contributed by atoms with Gasteiger partial charge in [-0.15, -0.1) is 0 Å². The number of aliphatic hydroxyl groups is 1. The van der Waals surface area contributed by atoms with Gasteiger partial charge in [0.25, 0.3) is 0 Å². The molecule has 2 aromatic rings. The molecular formula is C14H11ClF2O. The summed E-state index contributed by atoms with van der Waals surface area (Å²) in [5.41, 5.74) is 0.716. The molecule has 4 heteroatoms. The summed E-state index contributed by atoms with van der Waals surface area (Å²) >= 11 is 5.80. The van der Waals surface area contributed by atoms with Crippen molar-refractivity contribution in [1.82, 2.24) is 0 Å². The Bertz CT molecular complexity index is 557. The highest BCUT2D eigenvalue weighted by Gasteiger charge is 2.14. The zero-order valence-electron chi connectivity index (χ0n) is 9.41. The lowest BCUT2D eigenvalue weighted by molar-refractivity contribution is 0.177. The van der Waals surface area contributed by atoms with E-state index in [1.807, 2.05) is 0 Å². The van der Waals surface area contributed by atoms with Gasteiger partial charge in [-0.25, -0.2) is 8.78 Å². The smallest absolute Gasteiger partial charge is 0.162 e. The van der Waals surface area contributed by atoms with Crippen molar-refractivity contribution < 1.29 is 13.9 Å². The van der Waals surface area contributed by atoms with Crippen molar-refractivity contribution in [3.63, 3.8) is 0 Å². The van der Waals surface area contributed by atoms with Gasteiger partial charge in [0.1, 0.15) is 0 Å². The summed E-state index contributed by atoms with van der Waals surface area (Å²) in [6.45, 7) is 0. The first-order valence-corrected chi connectivity index (χ1v) is 5.82. The largest absolute Gasteiger partial charge is 0.388 e. The first-order chi connectivity index (χ1) is 8.58. The lowest BCUT2D eigenvalue weighted by atomic mass is 10.0. The molecule has 94 valence electrons. The van der Waals surface area contributed by atoms with Gasteiger partial charge in [-0.05, 0) is 29.3 Å². The minimum Gasteiger partial charge on any atom is -0.388 e. The van der Waals surface area contributed by atoms with E-state index in [1.165, 1.54) is 12.1 Å². The second-order valence-corrected chi connectivity index (χ2v) is 4.42. The number of halogens is 3. The van der Waals surface area contributed by atoms with E-state index in [0.29, 0.717) is 10.6 Å². The van der Waals surface area contributed by atoms with Crippen LogP contribution in [0.25, 0.3) is 0 Å². The third kappa shape index (κ3) is 2.86. The summed E-state index contributed by atoms with van der Waals surface area (Å²) < 4.78 is 26.5. The van der Waals surface area contributed by atoms with Gasteiger partial charge in [0.2, 0.25) is 0 Å². The molecule has 1 unspecified atom stereocenters. The number of benzene rings is 2. The topological polar surface area (TPSA) is 20.2 Å². The van der Waals surface area contributed by atoms with E-state index in [1.54, 1.807) is 24.3 Å². The zero-order chi connectivity index (χ0) is 13.1. The van der Waals surface area contributed by atoms with E-state index in [0.717, 1.165) is 6.07 Å². The molecule has 1 atom stereocenters. The van der Waals surface area contributed by atoms with Crippen molar-refractivity contribution in [2.24, 2.45) is 0 Å². The Morgan fingerprint density at radius 2 is 1.83 bits per heavy atom. The van der Waals surface area contributed by atoms with Crippen molar-refractivity contribution in [2.75, 3.05) is 0 Å². The van der Waals surface area contributed by atoms with Crippen LogP contribution in [0.4, 0.5) is 8.78 Å². The third-order valence-electron chi connectivity index (χ3n) is 2.68. The summed E-state index contributed by atoms with van der Waals surface area (Å²) in [6, 6.07) is 10.6. The molecule has 0 aliphatic heterocycles. The summed E-state index contributed by atoms with van der Waals surface area (Å²) in [5, 5.41) is 10.5. The van der Waals surface area contributed by atoms with Crippen LogP contribution in [0.2, 0.25) is 5.02 Å². The standard InChI is InChI=1S/C14H11ClF2O/c15-11-5-1-3-9(7-11)13(18)8-10-4-2-6-12(16)14(10)17/h1-7,13,18H,8H2. The first-order valence-electron chi connectivity index (χ1n) is 5.44.